The number of aromatic nitrogens is 1. The Morgan fingerprint density at radius 1 is 0.955 bits per heavy atom. The summed E-state index contributed by atoms with van der Waals surface area (Å²) in [5.74, 6) is 1.66. The average molecular weight is 643 g/mol. The number of hydrogen-bond donors (Lipinski definition) is 2. The summed E-state index contributed by atoms with van der Waals surface area (Å²) >= 11 is 5.60. The molecule has 44 heavy (non-hydrogen) atoms. The summed E-state index contributed by atoms with van der Waals surface area (Å²) in [5, 5.41) is 4.29. The van der Waals surface area contributed by atoms with Crippen molar-refractivity contribution in [3.8, 4) is 23.8 Å². The number of anilines is 2. The van der Waals surface area contributed by atoms with E-state index < -0.39 is 45.3 Å². The zero-order valence-corrected chi connectivity index (χ0v) is 24.3. The van der Waals surface area contributed by atoms with E-state index in [1.165, 1.54) is 60.8 Å². The van der Waals surface area contributed by atoms with Crippen molar-refractivity contribution in [2.24, 2.45) is 0 Å². The molecule has 1 aromatic heterocycles. The molecule has 4 rings (SSSR count). The lowest BCUT2D eigenvalue weighted by Crippen LogP contribution is -2.37. The first-order chi connectivity index (χ1) is 20.8. The minimum absolute atomic E-state index is 0.110. The van der Waals surface area contributed by atoms with E-state index in [1.54, 1.807) is 19.1 Å². The highest BCUT2D eigenvalue weighted by Crippen LogP contribution is 2.36. The summed E-state index contributed by atoms with van der Waals surface area (Å²) in [5.41, 5.74) is -0.319. The lowest BCUT2D eigenvalue weighted by atomic mass is 10.2. The summed E-state index contributed by atoms with van der Waals surface area (Å²) < 4.78 is 71.9. The van der Waals surface area contributed by atoms with Gasteiger partial charge in [0.2, 0.25) is 0 Å². The number of benzene rings is 3. The van der Waals surface area contributed by atoms with Crippen LogP contribution >= 0.6 is 11.6 Å². The van der Waals surface area contributed by atoms with E-state index in [0.29, 0.717) is 4.31 Å². The highest BCUT2D eigenvalue weighted by molar-refractivity contribution is 7.89. The minimum atomic E-state index is -4.69. The normalized spacial score (nSPS) is 11.3. The molecule has 3 amide bonds. The van der Waals surface area contributed by atoms with E-state index in [2.05, 4.69) is 21.5 Å². The molecule has 0 saturated heterocycles. The number of terminal acetylenes is 1. The Labute approximate surface area is 255 Å². The van der Waals surface area contributed by atoms with Gasteiger partial charge < -0.3 is 15.4 Å². The van der Waals surface area contributed by atoms with Crippen LogP contribution in [0.25, 0.3) is 0 Å². The monoisotopic (exact) mass is 642 g/mol. The number of halogens is 4. The molecule has 14 heteroatoms. The van der Waals surface area contributed by atoms with Gasteiger partial charge in [0, 0.05) is 23.6 Å². The second kappa shape index (κ2) is 13.1. The molecule has 0 saturated carbocycles. The van der Waals surface area contributed by atoms with Crippen LogP contribution in [0.1, 0.15) is 21.6 Å². The van der Waals surface area contributed by atoms with Crippen LogP contribution in [0, 0.1) is 19.3 Å². The highest BCUT2D eigenvalue weighted by atomic mass is 35.5. The molecule has 4 aromatic rings. The molecule has 3 aromatic carbocycles. The molecule has 1 heterocycles. The van der Waals surface area contributed by atoms with Gasteiger partial charge in [-0.2, -0.15) is 13.2 Å². The molecule has 0 bridgehead atoms. The number of sulfonamides is 1. The Morgan fingerprint density at radius 2 is 1.59 bits per heavy atom. The third kappa shape index (κ3) is 7.66. The molecule has 0 aliphatic heterocycles. The van der Waals surface area contributed by atoms with E-state index in [1.807, 2.05) is 0 Å². The molecule has 226 valence electrons. The summed E-state index contributed by atoms with van der Waals surface area (Å²) in [6.07, 6.45) is 1.92. The van der Waals surface area contributed by atoms with Crippen molar-refractivity contribution < 1.29 is 35.9 Å². The van der Waals surface area contributed by atoms with E-state index in [9.17, 15) is 31.2 Å². The van der Waals surface area contributed by atoms with Crippen molar-refractivity contribution in [3.63, 3.8) is 0 Å². The van der Waals surface area contributed by atoms with Crippen LogP contribution in [0.3, 0.4) is 0 Å². The molecular formula is C30H22ClF3N4O5S. The van der Waals surface area contributed by atoms with Crippen molar-refractivity contribution in [1.82, 2.24) is 9.29 Å². The molecular weight excluding hydrogens is 621 g/mol. The number of carbonyl (C=O) groups is 2. The largest absolute Gasteiger partial charge is 0.457 e. The number of urea groups is 1. The van der Waals surface area contributed by atoms with Gasteiger partial charge in [0.05, 0.1) is 22.0 Å². The number of amides is 3. The van der Waals surface area contributed by atoms with Gasteiger partial charge in [-0.1, -0.05) is 35.2 Å². The molecule has 2 N–H and O–H groups in total. The number of aryl methyl sites for hydroxylation is 1. The molecule has 0 unspecified atom stereocenters. The van der Waals surface area contributed by atoms with Gasteiger partial charge in [0.15, 0.2) is 0 Å². The zero-order chi connectivity index (χ0) is 32.1. The van der Waals surface area contributed by atoms with Gasteiger partial charge in [-0.3, -0.25) is 9.78 Å². The van der Waals surface area contributed by atoms with Crippen LogP contribution in [0.15, 0.2) is 90.0 Å². The number of nitrogens with one attached hydrogen (secondary N) is 2. The minimum Gasteiger partial charge on any atom is -0.457 e. The SMILES string of the molecule is C#CCN(C(=O)c1cc(Oc2ccc(NC(=O)Nc3ccc(Cl)c(C(F)(F)F)c3)cc2)ccn1)S(=O)(=O)c1ccc(C)cc1. The second-order valence-corrected chi connectivity index (χ2v) is 11.4. The van der Waals surface area contributed by atoms with Gasteiger partial charge in [-0.15, -0.1) is 6.42 Å². The Hall–Kier alpha value is -5.06. The first-order valence-corrected chi connectivity index (χ1v) is 14.4. The van der Waals surface area contributed by atoms with E-state index in [0.717, 1.165) is 17.7 Å². The summed E-state index contributed by atoms with van der Waals surface area (Å²) in [6, 6.07) is 16.7. The zero-order valence-electron chi connectivity index (χ0n) is 22.7. The Morgan fingerprint density at radius 3 is 2.23 bits per heavy atom. The third-order valence-corrected chi connectivity index (χ3v) is 7.97. The Kier molecular flexibility index (Phi) is 9.46. The molecule has 0 fully saturated rings. The third-order valence-electron chi connectivity index (χ3n) is 5.90. The first-order valence-electron chi connectivity index (χ1n) is 12.5. The Balaban J connectivity index is 1.43. The number of carbonyl (C=O) groups excluding carboxylic acids is 2. The highest BCUT2D eigenvalue weighted by Gasteiger charge is 2.33. The first kappa shape index (κ1) is 31.9. The number of rotatable bonds is 8. The van der Waals surface area contributed by atoms with Gasteiger partial charge in [0.25, 0.3) is 15.9 Å². The van der Waals surface area contributed by atoms with Crippen LogP contribution in [-0.4, -0.2) is 36.2 Å². The lowest BCUT2D eigenvalue weighted by Gasteiger charge is -2.20. The summed E-state index contributed by atoms with van der Waals surface area (Å²) in [6.45, 7) is 1.27. The van der Waals surface area contributed by atoms with Gasteiger partial charge in [-0.05, 0) is 67.6 Å². The van der Waals surface area contributed by atoms with Crippen LogP contribution < -0.4 is 15.4 Å². The predicted octanol–water partition coefficient (Wildman–Crippen LogP) is 6.96. The molecule has 9 nitrogen and oxygen atoms in total. The maximum Gasteiger partial charge on any atom is 0.417 e. The van der Waals surface area contributed by atoms with E-state index in [-0.39, 0.29) is 33.5 Å². The maximum absolute atomic E-state index is 13.2. The maximum atomic E-state index is 13.2. The van der Waals surface area contributed by atoms with Crippen LogP contribution in [0.2, 0.25) is 5.02 Å². The fourth-order valence-corrected chi connectivity index (χ4v) is 5.28. The second-order valence-electron chi connectivity index (χ2n) is 9.11. The molecule has 0 radical (unpaired) electrons. The number of nitrogens with zero attached hydrogens (tertiary/aromatic N) is 2. The number of pyridine rings is 1. The molecule has 0 aliphatic rings. The number of ether oxygens (including phenoxy) is 1. The molecule has 0 atom stereocenters. The van der Waals surface area contributed by atoms with Gasteiger partial charge in [0.1, 0.15) is 17.2 Å². The van der Waals surface area contributed by atoms with Crippen LogP contribution in [0.5, 0.6) is 11.5 Å². The average Bonchev–Trinajstić information content (AvgIpc) is 2.97. The quantitative estimate of drug-likeness (QED) is 0.201. The van der Waals surface area contributed by atoms with Crippen LogP contribution in [-0.2, 0) is 16.2 Å². The smallest absolute Gasteiger partial charge is 0.417 e. The van der Waals surface area contributed by atoms with Crippen molar-refractivity contribution >= 4 is 44.9 Å². The standard InChI is InChI=1S/C30H22ClF3N4O5S/c1-3-16-38(44(41,42)24-11-4-19(2)5-12-24)28(39)27-18-23(14-15-35-27)43-22-9-6-20(7-10-22)36-29(40)37-21-8-13-26(31)25(17-21)30(32,33)34/h1,4-15,17-18H,16H2,2H3,(H2,36,37,40). The molecule has 0 aliphatic carbocycles. The van der Waals surface area contributed by atoms with E-state index >= 15 is 0 Å². The van der Waals surface area contributed by atoms with E-state index in [4.69, 9.17) is 22.8 Å². The van der Waals surface area contributed by atoms with Crippen LogP contribution in [0.4, 0.5) is 29.3 Å². The number of hydrogen-bond acceptors (Lipinski definition) is 6. The lowest BCUT2D eigenvalue weighted by molar-refractivity contribution is -0.137. The summed E-state index contributed by atoms with van der Waals surface area (Å²) in [4.78, 5) is 29.4. The topological polar surface area (TPSA) is 118 Å². The van der Waals surface area contributed by atoms with Gasteiger partial charge in [-0.25, -0.2) is 17.5 Å². The molecule has 0 spiro atoms. The summed E-state index contributed by atoms with van der Waals surface area (Å²) in [7, 11) is -4.28. The van der Waals surface area contributed by atoms with Crippen molar-refractivity contribution in [1.29, 1.82) is 0 Å². The number of alkyl halides is 3. The predicted molar refractivity (Wildman–Crippen MR) is 158 cm³/mol. The van der Waals surface area contributed by atoms with Gasteiger partial charge >= 0.3 is 12.2 Å². The fraction of sp³-hybridized carbons (Fsp3) is 0.100. The van der Waals surface area contributed by atoms with Crippen molar-refractivity contribution in [2.45, 2.75) is 18.0 Å². The van der Waals surface area contributed by atoms with Crippen molar-refractivity contribution in [2.75, 3.05) is 17.2 Å². The fourth-order valence-electron chi connectivity index (χ4n) is 3.76. The Bertz CT molecular complexity index is 1840. The van der Waals surface area contributed by atoms with Crippen molar-refractivity contribution in [3.05, 3.63) is 107 Å².